The van der Waals surface area contributed by atoms with Crippen molar-refractivity contribution in [3.8, 4) is 11.5 Å². The molecule has 2 saturated heterocycles. The van der Waals surface area contributed by atoms with E-state index in [4.69, 9.17) is 9.47 Å². The number of sulfonamides is 1. The maximum atomic E-state index is 13.5. The Morgan fingerprint density at radius 2 is 1.71 bits per heavy atom. The van der Waals surface area contributed by atoms with E-state index in [1.165, 1.54) is 30.2 Å². The molecule has 0 spiro atoms. The largest absolute Gasteiger partial charge is 0.497 e. The smallest absolute Gasteiger partial charge is 0.246 e. The van der Waals surface area contributed by atoms with Crippen molar-refractivity contribution in [2.24, 2.45) is 11.8 Å². The molecule has 34 heavy (non-hydrogen) atoms. The van der Waals surface area contributed by atoms with E-state index in [9.17, 15) is 13.2 Å². The minimum Gasteiger partial charge on any atom is -0.497 e. The normalized spacial score (nSPS) is 20.2. The van der Waals surface area contributed by atoms with Gasteiger partial charge in [0.15, 0.2) is 0 Å². The lowest BCUT2D eigenvalue weighted by atomic mass is 9.89. The number of ether oxygens (including phenoxy) is 2. The average Bonchev–Trinajstić information content (AvgIpc) is 2.89. The van der Waals surface area contributed by atoms with Crippen molar-refractivity contribution in [2.75, 3.05) is 40.4 Å². The Morgan fingerprint density at radius 1 is 0.971 bits per heavy atom. The maximum absolute atomic E-state index is 13.5. The third kappa shape index (κ3) is 5.39. The van der Waals surface area contributed by atoms with Crippen molar-refractivity contribution in [2.45, 2.75) is 37.0 Å². The van der Waals surface area contributed by atoms with E-state index < -0.39 is 10.0 Å². The lowest BCUT2D eigenvalue weighted by Gasteiger charge is -2.37. The maximum Gasteiger partial charge on any atom is 0.246 e. The fraction of sp³-hybridized carbons (Fsp3) is 0.500. The summed E-state index contributed by atoms with van der Waals surface area (Å²) in [5, 5.41) is 0. The van der Waals surface area contributed by atoms with E-state index in [-0.39, 0.29) is 29.0 Å². The summed E-state index contributed by atoms with van der Waals surface area (Å²) in [6, 6.07) is 15.2. The highest BCUT2D eigenvalue weighted by Gasteiger charge is 2.37. The van der Waals surface area contributed by atoms with Crippen LogP contribution in [0.5, 0.6) is 11.5 Å². The number of hydrogen-bond acceptors (Lipinski definition) is 5. The first-order chi connectivity index (χ1) is 16.4. The van der Waals surface area contributed by atoms with Gasteiger partial charge in [-0.1, -0.05) is 30.3 Å². The number of piperidine rings is 2. The van der Waals surface area contributed by atoms with E-state index in [1.54, 1.807) is 12.1 Å². The van der Waals surface area contributed by atoms with Crippen molar-refractivity contribution in [1.82, 2.24) is 9.21 Å². The zero-order valence-corrected chi connectivity index (χ0v) is 20.8. The Hall–Kier alpha value is -2.58. The van der Waals surface area contributed by atoms with E-state index in [1.807, 2.05) is 11.0 Å². The molecule has 0 unspecified atom stereocenters. The molecule has 2 heterocycles. The van der Waals surface area contributed by atoms with Crippen LogP contribution in [0.2, 0.25) is 0 Å². The number of amides is 1. The van der Waals surface area contributed by atoms with Gasteiger partial charge in [0.1, 0.15) is 16.4 Å². The standard InChI is InChI=1S/C26H34N2O5S/c1-32-23-10-11-24(33-2)25(18-23)34(30,31)28-14-6-9-22(19-28)26(29)27-15-12-21(13-16-27)17-20-7-4-3-5-8-20/h3-5,7-8,10-11,18,21-22H,6,9,12-17,19H2,1-2H3/t22-/m1/s1. The van der Waals surface area contributed by atoms with Crippen molar-refractivity contribution in [3.63, 3.8) is 0 Å². The fourth-order valence-electron chi connectivity index (χ4n) is 5.05. The number of methoxy groups -OCH3 is 2. The van der Waals surface area contributed by atoms with Crippen molar-refractivity contribution < 1.29 is 22.7 Å². The summed E-state index contributed by atoms with van der Waals surface area (Å²) < 4.78 is 38.9. The number of rotatable bonds is 7. The second-order valence-electron chi connectivity index (χ2n) is 9.18. The van der Waals surface area contributed by atoms with Crippen LogP contribution in [0, 0.1) is 11.8 Å². The van der Waals surface area contributed by atoms with Gasteiger partial charge in [-0.3, -0.25) is 4.79 Å². The van der Waals surface area contributed by atoms with Crippen LogP contribution in [0.15, 0.2) is 53.4 Å². The molecule has 0 saturated carbocycles. The molecular formula is C26H34N2O5S. The average molecular weight is 487 g/mol. The van der Waals surface area contributed by atoms with Crippen LogP contribution in [-0.4, -0.2) is 63.9 Å². The number of carbonyl (C=O) groups is 1. The van der Waals surface area contributed by atoms with Crippen LogP contribution in [0.4, 0.5) is 0 Å². The van der Waals surface area contributed by atoms with Gasteiger partial charge < -0.3 is 14.4 Å². The van der Waals surface area contributed by atoms with Crippen LogP contribution in [0.3, 0.4) is 0 Å². The number of likely N-dealkylation sites (tertiary alicyclic amines) is 1. The second kappa shape index (κ2) is 10.8. The number of nitrogens with zero attached hydrogens (tertiary/aromatic N) is 2. The van der Waals surface area contributed by atoms with Crippen molar-refractivity contribution in [3.05, 3.63) is 54.1 Å². The SMILES string of the molecule is COc1ccc(OC)c(S(=O)(=O)N2CCC[C@@H](C(=O)N3CCC(Cc4ccccc4)CC3)C2)c1. The molecule has 0 aliphatic carbocycles. The predicted octanol–water partition coefficient (Wildman–Crippen LogP) is 3.59. The molecule has 2 fully saturated rings. The minimum absolute atomic E-state index is 0.0733. The second-order valence-corrected chi connectivity index (χ2v) is 11.1. The first-order valence-corrected chi connectivity index (χ1v) is 13.4. The molecule has 4 rings (SSSR count). The summed E-state index contributed by atoms with van der Waals surface area (Å²) >= 11 is 0. The molecule has 0 aromatic heterocycles. The first kappa shape index (κ1) is 24.5. The van der Waals surface area contributed by atoms with Crippen LogP contribution >= 0.6 is 0 Å². The molecular weight excluding hydrogens is 452 g/mol. The van der Waals surface area contributed by atoms with Crippen LogP contribution in [0.25, 0.3) is 0 Å². The molecule has 8 heteroatoms. The van der Waals surface area contributed by atoms with Crippen LogP contribution < -0.4 is 9.47 Å². The van der Waals surface area contributed by atoms with Gasteiger partial charge in [-0.15, -0.1) is 0 Å². The molecule has 2 aliphatic rings. The zero-order chi connectivity index (χ0) is 24.1. The molecule has 184 valence electrons. The molecule has 2 aliphatic heterocycles. The zero-order valence-electron chi connectivity index (χ0n) is 20.0. The van der Waals surface area contributed by atoms with Gasteiger partial charge in [-0.25, -0.2) is 8.42 Å². The van der Waals surface area contributed by atoms with Crippen molar-refractivity contribution in [1.29, 1.82) is 0 Å². The summed E-state index contributed by atoms with van der Waals surface area (Å²) in [4.78, 5) is 15.3. The highest BCUT2D eigenvalue weighted by molar-refractivity contribution is 7.89. The van der Waals surface area contributed by atoms with Gasteiger partial charge in [0, 0.05) is 32.2 Å². The van der Waals surface area contributed by atoms with Gasteiger partial charge in [-0.05, 0) is 55.7 Å². The number of hydrogen-bond donors (Lipinski definition) is 0. The highest BCUT2D eigenvalue weighted by atomic mass is 32.2. The molecule has 0 bridgehead atoms. The van der Waals surface area contributed by atoms with Crippen LogP contribution in [0.1, 0.15) is 31.2 Å². The lowest BCUT2D eigenvalue weighted by Crippen LogP contribution is -2.48. The predicted molar refractivity (Wildman–Crippen MR) is 130 cm³/mol. The van der Waals surface area contributed by atoms with Crippen molar-refractivity contribution >= 4 is 15.9 Å². The molecule has 2 aromatic rings. The summed E-state index contributed by atoms with van der Waals surface area (Å²) in [5.74, 6) is 1.06. The Balaban J connectivity index is 1.39. The van der Waals surface area contributed by atoms with E-state index in [0.717, 1.165) is 32.4 Å². The Morgan fingerprint density at radius 3 is 2.38 bits per heavy atom. The monoisotopic (exact) mass is 486 g/mol. The molecule has 7 nitrogen and oxygen atoms in total. The van der Waals surface area contributed by atoms with Gasteiger partial charge in [0.05, 0.1) is 20.1 Å². The molecule has 1 amide bonds. The van der Waals surface area contributed by atoms with Gasteiger partial charge in [0.2, 0.25) is 15.9 Å². The highest BCUT2D eigenvalue weighted by Crippen LogP contribution is 2.33. The summed E-state index contributed by atoms with van der Waals surface area (Å²) in [6.45, 7) is 2.07. The minimum atomic E-state index is -3.82. The summed E-state index contributed by atoms with van der Waals surface area (Å²) in [7, 11) is -0.874. The fourth-order valence-corrected chi connectivity index (χ4v) is 6.74. The lowest BCUT2D eigenvalue weighted by molar-refractivity contribution is -0.138. The topological polar surface area (TPSA) is 76.1 Å². The van der Waals surface area contributed by atoms with Gasteiger partial charge in [0.25, 0.3) is 0 Å². The first-order valence-electron chi connectivity index (χ1n) is 12.0. The molecule has 0 radical (unpaired) electrons. The molecule has 2 aromatic carbocycles. The van der Waals surface area contributed by atoms with E-state index in [2.05, 4.69) is 24.3 Å². The molecule has 0 N–H and O–H groups in total. The van der Waals surface area contributed by atoms with E-state index in [0.29, 0.717) is 31.1 Å². The third-order valence-corrected chi connectivity index (χ3v) is 8.90. The van der Waals surface area contributed by atoms with Gasteiger partial charge in [-0.2, -0.15) is 4.31 Å². The summed E-state index contributed by atoms with van der Waals surface area (Å²) in [5.41, 5.74) is 1.34. The quantitative estimate of drug-likeness (QED) is 0.598. The van der Waals surface area contributed by atoms with Gasteiger partial charge >= 0.3 is 0 Å². The Kier molecular flexibility index (Phi) is 7.78. The molecule has 1 atom stereocenters. The Bertz CT molecular complexity index is 1080. The third-order valence-electron chi connectivity index (χ3n) is 7.02. The van der Waals surface area contributed by atoms with E-state index >= 15 is 0 Å². The number of carbonyl (C=O) groups excluding carboxylic acids is 1. The van der Waals surface area contributed by atoms with Crippen LogP contribution in [-0.2, 0) is 21.2 Å². The number of benzene rings is 2. The Labute approximate surface area is 202 Å². The summed E-state index contributed by atoms with van der Waals surface area (Å²) in [6.07, 6.45) is 4.38.